The summed E-state index contributed by atoms with van der Waals surface area (Å²) in [6.45, 7) is 9.68. The molecule has 1 aromatic heterocycles. The number of nitriles is 1. The van der Waals surface area contributed by atoms with Crippen molar-refractivity contribution in [2.24, 2.45) is 7.05 Å². The van der Waals surface area contributed by atoms with Gasteiger partial charge in [0, 0.05) is 25.3 Å². The third-order valence-electron chi connectivity index (χ3n) is 4.77. The van der Waals surface area contributed by atoms with E-state index in [1.807, 2.05) is 17.7 Å². The Balaban J connectivity index is 1.98. The normalized spacial score (nSPS) is 12.9. The highest BCUT2D eigenvalue weighted by molar-refractivity contribution is 5.34. The van der Waals surface area contributed by atoms with Gasteiger partial charge in [-0.1, -0.05) is 44.2 Å². The maximum Gasteiger partial charge on any atom is 0.120 e. The van der Waals surface area contributed by atoms with Gasteiger partial charge in [0.25, 0.3) is 0 Å². The van der Waals surface area contributed by atoms with E-state index in [4.69, 9.17) is 5.26 Å². The smallest absolute Gasteiger partial charge is 0.120 e. The highest BCUT2D eigenvalue weighted by Crippen LogP contribution is 2.28. The average Bonchev–Trinajstić information content (AvgIpc) is 2.81. The lowest BCUT2D eigenvalue weighted by atomic mass is 9.79. The molecule has 0 aliphatic carbocycles. The monoisotopic (exact) mass is 309 g/mol. The zero-order chi connectivity index (χ0) is 17.0. The van der Waals surface area contributed by atoms with Crippen LogP contribution in [-0.4, -0.2) is 10.6 Å². The van der Waals surface area contributed by atoms with Crippen LogP contribution in [0.15, 0.2) is 36.4 Å². The van der Waals surface area contributed by atoms with E-state index >= 15 is 0 Å². The van der Waals surface area contributed by atoms with Crippen LogP contribution < -0.4 is 5.32 Å². The van der Waals surface area contributed by atoms with Gasteiger partial charge < -0.3 is 9.88 Å². The van der Waals surface area contributed by atoms with Gasteiger partial charge >= 0.3 is 0 Å². The number of nitrogens with zero attached hydrogens (tertiary/aromatic N) is 2. The Morgan fingerprint density at radius 3 is 2.48 bits per heavy atom. The number of rotatable bonds is 6. The van der Waals surface area contributed by atoms with Crippen LogP contribution in [0.2, 0.25) is 0 Å². The molecule has 3 nitrogen and oxygen atoms in total. The molecular weight excluding hydrogens is 282 g/mol. The van der Waals surface area contributed by atoms with Crippen molar-refractivity contribution in [2.75, 3.05) is 0 Å². The zero-order valence-electron chi connectivity index (χ0n) is 14.9. The molecule has 0 radical (unpaired) electrons. The number of hydrogen-bond acceptors (Lipinski definition) is 2. The van der Waals surface area contributed by atoms with Gasteiger partial charge in [-0.05, 0) is 42.9 Å². The number of aromatic nitrogens is 1. The summed E-state index contributed by atoms with van der Waals surface area (Å²) < 4.78 is 1.95. The number of benzene rings is 1. The second-order valence-electron chi connectivity index (χ2n) is 7.05. The van der Waals surface area contributed by atoms with Crippen molar-refractivity contribution in [3.63, 3.8) is 0 Å². The van der Waals surface area contributed by atoms with Crippen molar-refractivity contribution >= 4 is 0 Å². The molecule has 122 valence electrons. The van der Waals surface area contributed by atoms with Crippen LogP contribution in [0.3, 0.4) is 0 Å². The minimum atomic E-state index is 0.136. The SMILES string of the molecule is Cc1c(CNC(C)CC(C)(C)c2ccccc2)cc(C#N)n1C. The third kappa shape index (κ3) is 4.03. The summed E-state index contributed by atoms with van der Waals surface area (Å²) >= 11 is 0. The molecule has 0 spiro atoms. The molecule has 0 saturated carbocycles. The molecule has 23 heavy (non-hydrogen) atoms. The number of nitrogens with one attached hydrogen (secondary N) is 1. The highest BCUT2D eigenvalue weighted by atomic mass is 15.0. The lowest BCUT2D eigenvalue weighted by Crippen LogP contribution is -2.33. The van der Waals surface area contributed by atoms with Crippen LogP contribution in [0.5, 0.6) is 0 Å². The summed E-state index contributed by atoms with van der Waals surface area (Å²) in [5, 5.41) is 12.7. The van der Waals surface area contributed by atoms with Gasteiger partial charge in [-0.15, -0.1) is 0 Å². The molecule has 3 heteroatoms. The summed E-state index contributed by atoms with van der Waals surface area (Å²) in [6, 6.07) is 15.3. The zero-order valence-corrected chi connectivity index (χ0v) is 14.9. The molecule has 1 heterocycles. The largest absolute Gasteiger partial charge is 0.340 e. The van der Waals surface area contributed by atoms with Gasteiger partial charge in [0.05, 0.1) is 0 Å². The average molecular weight is 309 g/mol. The first-order valence-electron chi connectivity index (χ1n) is 8.19. The standard InChI is InChI=1S/C20H27N3/c1-15(12-20(3,4)18-9-7-6-8-10-18)22-14-17-11-19(13-21)23(5)16(17)2/h6-11,15,22H,12,14H2,1-5H3. The molecular formula is C20H27N3. The lowest BCUT2D eigenvalue weighted by Gasteiger charge is -2.29. The molecule has 1 N–H and O–H groups in total. The van der Waals surface area contributed by atoms with E-state index in [0.29, 0.717) is 6.04 Å². The van der Waals surface area contributed by atoms with Crippen LogP contribution in [0.1, 0.15) is 49.7 Å². The molecule has 0 aliphatic heterocycles. The quantitative estimate of drug-likeness (QED) is 0.874. The fourth-order valence-corrected chi connectivity index (χ4v) is 3.18. The number of hydrogen-bond donors (Lipinski definition) is 1. The molecule has 0 bridgehead atoms. The summed E-state index contributed by atoms with van der Waals surface area (Å²) in [7, 11) is 1.94. The fraction of sp³-hybridized carbons (Fsp3) is 0.450. The summed E-state index contributed by atoms with van der Waals surface area (Å²) in [5.41, 5.74) is 4.59. The summed E-state index contributed by atoms with van der Waals surface area (Å²) in [6.07, 6.45) is 1.06. The molecule has 1 unspecified atom stereocenters. The van der Waals surface area contributed by atoms with Crippen molar-refractivity contribution in [1.29, 1.82) is 5.26 Å². The maximum atomic E-state index is 9.12. The molecule has 2 aromatic rings. The van der Waals surface area contributed by atoms with E-state index in [2.05, 4.69) is 69.4 Å². The highest BCUT2D eigenvalue weighted by Gasteiger charge is 2.23. The Hall–Kier alpha value is -2.05. The predicted octanol–water partition coefficient (Wildman–Crippen LogP) is 4.05. The molecule has 1 atom stereocenters. The Kier molecular flexibility index (Phi) is 5.28. The minimum Gasteiger partial charge on any atom is -0.340 e. The second-order valence-corrected chi connectivity index (χ2v) is 7.05. The Morgan fingerprint density at radius 2 is 1.91 bits per heavy atom. The first-order valence-corrected chi connectivity index (χ1v) is 8.19. The van der Waals surface area contributed by atoms with Crippen LogP contribution in [0.4, 0.5) is 0 Å². The van der Waals surface area contributed by atoms with E-state index in [-0.39, 0.29) is 5.41 Å². The van der Waals surface area contributed by atoms with E-state index in [9.17, 15) is 0 Å². The van der Waals surface area contributed by atoms with Crippen molar-refractivity contribution < 1.29 is 0 Å². The van der Waals surface area contributed by atoms with Gasteiger partial charge in [0.1, 0.15) is 11.8 Å². The van der Waals surface area contributed by atoms with Crippen molar-refractivity contribution in [3.8, 4) is 6.07 Å². The first-order chi connectivity index (χ1) is 10.8. The Labute approximate surface area is 139 Å². The van der Waals surface area contributed by atoms with Crippen LogP contribution in [-0.2, 0) is 19.0 Å². The van der Waals surface area contributed by atoms with Crippen molar-refractivity contribution in [3.05, 3.63) is 58.9 Å². The predicted molar refractivity (Wildman–Crippen MR) is 95.3 cm³/mol. The maximum absolute atomic E-state index is 9.12. The first kappa shape index (κ1) is 17.3. The lowest BCUT2D eigenvalue weighted by molar-refractivity contribution is 0.388. The second kappa shape index (κ2) is 7.02. The summed E-state index contributed by atoms with van der Waals surface area (Å²) in [5.74, 6) is 0. The third-order valence-corrected chi connectivity index (χ3v) is 4.77. The Bertz CT molecular complexity index is 690. The van der Waals surface area contributed by atoms with Crippen LogP contribution in [0, 0.1) is 18.3 Å². The fourth-order valence-electron chi connectivity index (χ4n) is 3.18. The molecule has 1 aromatic carbocycles. The molecule has 0 fully saturated rings. The van der Waals surface area contributed by atoms with Gasteiger partial charge in [-0.3, -0.25) is 0 Å². The van der Waals surface area contributed by atoms with E-state index in [0.717, 1.165) is 24.4 Å². The molecule has 0 amide bonds. The van der Waals surface area contributed by atoms with E-state index < -0.39 is 0 Å². The van der Waals surface area contributed by atoms with E-state index in [1.54, 1.807) is 0 Å². The topological polar surface area (TPSA) is 40.8 Å². The molecule has 2 rings (SSSR count). The summed E-state index contributed by atoms with van der Waals surface area (Å²) in [4.78, 5) is 0. The van der Waals surface area contributed by atoms with Crippen molar-refractivity contribution in [2.45, 2.75) is 52.1 Å². The van der Waals surface area contributed by atoms with Crippen LogP contribution >= 0.6 is 0 Å². The van der Waals surface area contributed by atoms with Gasteiger partial charge in [-0.25, -0.2) is 0 Å². The van der Waals surface area contributed by atoms with Crippen LogP contribution in [0.25, 0.3) is 0 Å². The van der Waals surface area contributed by atoms with Gasteiger partial charge in [-0.2, -0.15) is 5.26 Å². The molecule has 0 aliphatic rings. The molecule has 0 saturated heterocycles. The Morgan fingerprint density at radius 1 is 1.26 bits per heavy atom. The van der Waals surface area contributed by atoms with Crippen molar-refractivity contribution in [1.82, 2.24) is 9.88 Å². The minimum absolute atomic E-state index is 0.136. The van der Waals surface area contributed by atoms with Gasteiger partial charge in [0.15, 0.2) is 0 Å². The van der Waals surface area contributed by atoms with Gasteiger partial charge in [0.2, 0.25) is 0 Å². The van der Waals surface area contributed by atoms with E-state index in [1.165, 1.54) is 11.1 Å².